The SMILES string of the molecule is COC(=O)c1ccc(N2CCN(C)CC2)c(NC(=S)NC(=O)c2ccc(C)cc2Cl)c1. The van der Waals surface area contributed by atoms with E-state index in [0.29, 0.717) is 21.8 Å². The molecular weight excluding hydrogens is 436 g/mol. The number of piperazine rings is 1. The van der Waals surface area contributed by atoms with Crippen LogP contribution in [0.15, 0.2) is 36.4 Å². The van der Waals surface area contributed by atoms with Crippen molar-refractivity contribution in [2.24, 2.45) is 0 Å². The number of rotatable bonds is 4. The summed E-state index contributed by atoms with van der Waals surface area (Å²) in [6, 6.07) is 10.4. The molecule has 0 aromatic heterocycles. The zero-order valence-corrected chi connectivity index (χ0v) is 19.3. The van der Waals surface area contributed by atoms with Crippen molar-refractivity contribution in [1.82, 2.24) is 10.2 Å². The lowest BCUT2D eigenvalue weighted by molar-refractivity contribution is 0.0600. The number of aryl methyl sites for hydroxylation is 1. The molecule has 9 heteroatoms. The van der Waals surface area contributed by atoms with Gasteiger partial charge in [-0.3, -0.25) is 10.1 Å². The Morgan fingerprint density at radius 3 is 2.45 bits per heavy atom. The second kappa shape index (κ2) is 10.1. The minimum absolute atomic E-state index is 0.110. The number of methoxy groups -OCH3 is 1. The van der Waals surface area contributed by atoms with E-state index in [-0.39, 0.29) is 5.11 Å². The Morgan fingerprint density at radius 2 is 1.81 bits per heavy atom. The maximum absolute atomic E-state index is 12.6. The highest BCUT2D eigenvalue weighted by molar-refractivity contribution is 7.80. The van der Waals surface area contributed by atoms with Gasteiger partial charge < -0.3 is 19.9 Å². The first-order valence-electron chi connectivity index (χ1n) is 9.83. The fourth-order valence-electron chi connectivity index (χ4n) is 3.33. The number of halogens is 1. The molecule has 2 aromatic rings. The first-order valence-corrected chi connectivity index (χ1v) is 10.6. The van der Waals surface area contributed by atoms with Crippen LogP contribution in [0, 0.1) is 6.92 Å². The van der Waals surface area contributed by atoms with Gasteiger partial charge in [0.1, 0.15) is 0 Å². The highest BCUT2D eigenvalue weighted by atomic mass is 35.5. The monoisotopic (exact) mass is 460 g/mol. The Kier molecular flexibility index (Phi) is 7.48. The molecule has 3 rings (SSSR count). The molecule has 7 nitrogen and oxygen atoms in total. The van der Waals surface area contributed by atoms with Crippen molar-refractivity contribution in [2.45, 2.75) is 6.92 Å². The molecule has 1 amide bonds. The second-order valence-electron chi connectivity index (χ2n) is 7.41. The van der Waals surface area contributed by atoms with Crippen LogP contribution in [-0.4, -0.2) is 62.2 Å². The zero-order chi connectivity index (χ0) is 22.5. The minimum atomic E-state index is -0.450. The molecule has 2 N–H and O–H groups in total. The number of carbonyl (C=O) groups excluding carboxylic acids is 2. The number of likely N-dealkylation sites (N-methyl/N-ethyl adjacent to an activating group) is 1. The molecule has 2 aromatic carbocycles. The quantitative estimate of drug-likeness (QED) is 0.535. The van der Waals surface area contributed by atoms with Crippen LogP contribution in [0.4, 0.5) is 11.4 Å². The number of anilines is 2. The standard InChI is InChI=1S/C22H25ClN4O3S/c1-14-4-6-16(17(23)12-14)20(28)25-22(31)24-18-13-15(21(29)30-3)5-7-19(18)27-10-8-26(2)9-11-27/h4-7,12-13H,8-11H2,1-3H3,(H2,24,25,28,31). The number of carbonyl (C=O) groups is 2. The lowest BCUT2D eigenvalue weighted by atomic mass is 10.1. The van der Waals surface area contributed by atoms with Crippen LogP contribution in [0.3, 0.4) is 0 Å². The van der Waals surface area contributed by atoms with E-state index in [1.54, 1.807) is 24.3 Å². The summed E-state index contributed by atoms with van der Waals surface area (Å²) in [4.78, 5) is 29.1. The maximum atomic E-state index is 12.6. The second-order valence-corrected chi connectivity index (χ2v) is 8.22. The van der Waals surface area contributed by atoms with E-state index in [4.69, 9.17) is 28.6 Å². The third-order valence-corrected chi connectivity index (χ3v) is 5.62. The van der Waals surface area contributed by atoms with E-state index in [2.05, 4.69) is 27.5 Å². The first kappa shape index (κ1) is 23.0. The number of benzene rings is 2. The van der Waals surface area contributed by atoms with Crippen molar-refractivity contribution >= 4 is 52.2 Å². The van der Waals surface area contributed by atoms with Crippen molar-refractivity contribution in [3.05, 3.63) is 58.1 Å². The van der Waals surface area contributed by atoms with Crippen LogP contribution >= 0.6 is 23.8 Å². The third kappa shape index (κ3) is 5.72. The van der Waals surface area contributed by atoms with E-state index in [1.165, 1.54) is 7.11 Å². The number of hydrogen-bond acceptors (Lipinski definition) is 6. The molecule has 1 aliphatic heterocycles. The molecule has 164 valence electrons. The molecule has 0 bridgehead atoms. The minimum Gasteiger partial charge on any atom is -0.465 e. The average molecular weight is 461 g/mol. The highest BCUT2D eigenvalue weighted by Gasteiger charge is 2.20. The van der Waals surface area contributed by atoms with Crippen LogP contribution in [0.5, 0.6) is 0 Å². The van der Waals surface area contributed by atoms with Gasteiger partial charge in [-0.15, -0.1) is 0 Å². The Balaban J connectivity index is 1.81. The van der Waals surface area contributed by atoms with Gasteiger partial charge in [0.15, 0.2) is 5.11 Å². The number of esters is 1. The third-order valence-electron chi connectivity index (χ3n) is 5.11. The molecule has 0 atom stereocenters. The van der Waals surface area contributed by atoms with E-state index in [9.17, 15) is 9.59 Å². The molecule has 0 saturated carbocycles. The predicted molar refractivity (Wildman–Crippen MR) is 127 cm³/mol. The topological polar surface area (TPSA) is 73.9 Å². The Morgan fingerprint density at radius 1 is 1.10 bits per heavy atom. The zero-order valence-electron chi connectivity index (χ0n) is 17.7. The van der Waals surface area contributed by atoms with E-state index < -0.39 is 11.9 Å². The van der Waals surface area contributed by atoms with Crippen molar-refractivity contribution in [1.29, 1.82) is 0 Å². The fraction of sp³-hybridized carbons (Fsp3) is 0.318. The van der Waals surface area contributed by atoms with Crippen molar-refractivity contribution < 1.29 is 14.3 Å². The molecule has 1 fully saturated rings. The van der Waals surface area contributed by atoms with E-state index in [0.717, 1.165) is 37.4 Å². The molecule has 31 heavy (non-hydrogen) atoms. The lowest BCUT2D eigenvalue weighted by Crippen LogP contribution is -2.45. The molecule has 1 saturated heterocycles. The highest BCUT2D eigenvalue weighted by Crippen LogP contribution is 2.29. The predicted octanol–water partition coefficient (Wildman–Crippen LogP) is 3.31. The maximum Gasteiger partial charge on any atom is 0.337 e. The van der Waals surface area contributed by atoms with Gasteiger partial charge in [-0.1, -0.05) is 17.7 Å². The molecule has 1 heterocycles. The number of nitrogens with one attached hydrogen (secondary N) is 2. The molecule has 0 spiro atoms. The number of ether oxygens (including phenoxy) is 1. The lowest BCUT2D eigenvalue weighted by Gasteiger charge is -2.35. The summed E-state index contributed by atoms with van der Waals surface area (Å²) in [6.45, 7) is 5.41. The molecule has 0 radical (unpaired) electrons. The van der Waals surface area contributed by atoms with Gasteiger partial charge in [0, 0.05) is 26.2 Å². The van der Waals surface area contributed by atoms with Crippen molar-refractivity contribution in [3.63, 3.8) is 0 Å². The van der Waals surface area contributed by atoms with Gasteiger partial charge in [-0.25, -0.2) is 4.79 Å². The number of nitrogens with zero attached hydrogens (tertiary/aromatic N) is 2. The summed E-state index contributed by atoms with van der Waals surface area (Å²) in [5.74, 6) is -0.859. The summed E-state index contributed by atoms with van der Waals surface area (Å²) in [7, 11) is 3.41. The van der Waals surface area contributed by atoms with Crippen LogP contribution in [-0.2, 0) is 4.74 Å². The summed E-state index contributed by atoms with van der Waals surface area (Å²) >= 11 is 11.6. The van der Waals surface area contributed by atoms with Crippen LogP contribution in [0.1, 0.15) is 26.3 Å². The van der Waals surface area contributed by atoms with Gasteiger partial charge in [0.2, 0.25) is 0 Å². The molecule has 0 unspecified atom stereocenters. The van der Waals surface area contributed by atoms with Crippen LogP contribution in [0.25, 0.3) is 0 Å². The molecule has 0 aliphatic carbocycles. The van der Waals surface area contributed by atoms with Crippen LogP contribution in [0.2, 0.25) is 5.02 Å². The molecule has 1 aliphatic rings. The van der Waals surface area contributed by atoms with Gasteiger partial charge >= 0.3 is 5.97 Å². The number of amides is 1. The van der Waals surface area contributed by atoms with E-state index in [1.807, 2.05) is 19.1 Å². The normalized spacial score (nSPS) is 14.1. The van der Waals surface area contributed by atoms with Gasteiger partial charge in [-0.05, 0) is 62.1 Å². The number of thiocarbonyl (C=S) groups is 1. The van der Waals surface area contributed by atoms with Crippen LogP contribution < -0.4 is 15.5 Å². The fourth-order valence-corrected chi connectivity index (χ4v) is 3.86. The summed E-state index contributed by atoms with van der Waals surface area (Å²) in [6.07, 6.45) is 0. The molecular formula is C22H25ClN4O3S. The van der Waals surface area contributed by atoms with Gasteiger partial charge in [-0.2, -0.15) is 0 Å². The average Bonchev–Trinajstić information content (AvgIpc) is 2.73. The Hall–Kier alpha value is -2.68. The number of hydrogen-bond donors (Lipinski definition) is 2. The summed E-state index contributed by atoms with van der Waals surface area (Å²) < 4.78 is 4.84. The van der Waals surface area contributed by atoms with Gasteiger partial charge in [0.05, 0.1) is 34.6 Å². The van der Waals surface area contributed by atoms with Gasteiger partial charge in [0.25, 0.3) is 5.91 Å². The van der Waals surface area contributed by atoms with Crippen molar-refractivity contribution in [3.8, 4) is 0 Å². The largest absolute Gasteiger partial charge is 0.465 e. The van der Waals surface area contributed by atoms with E-state index >= 15 is 0 Å². The first-order chi connectivity index (χ1) is 14.8. The Labute approximate surface area is 192 Å². The van der Waals surface area contributed by atoms with Crippen molar-refractivity contribution in [2.75, 3.05) is 50.6 Å². The summed E-state index contributed by atoms with van der Waals surface area (Å²) in [5.41, 5.74) is 3.19. The smallest absolute Gasteiger partial charge is 0.337 e. The summed E-state index contributed by atoms with van der Waals surface area (Å²) in [5, 5.41) is 6.19. The Bertz CT molecular complexity index is 1010.